The van der Waals surface area contributed by atoms with Crippen LogP contribution in [0.2, 0.25) is 0 Å². The predicted octanol–water partition coefficient (Wildman–Crippen LogP) is 0.911. The van der Waals surface area contributed by atoms with Crippen molar-refractivity contribution in [3.8, 4) is 11.8 Å². The lowest BCUT2D eigenvalue weighted by Crippen LogP contribution is -1.95. The second-order valence-electron chi connectivity index (χ2n) is 2.81. The number of nitro groups is 1. The molecule has 5 nitrogen and oxygen atoms in total. The van der Waals surface area contributed by atoms with Gasteiger partial charge >= 0.3 is 0 Å². The zero-order chi connectivity index (χ0) is 11.3. The molecule has 0 saturated carbocycles. The summed E-state index contributed by atoms with van der Waals surface area (Å²) in [6.45, 7) is -0.00450. The van der Waals surface area contributed by atoms with Crippen LogP contribution in [0, 0.1) is 22.0 Å². The van der Waals surface area contributed by atoms with Gasteiger partial charge in [-0.3, -0.25) is 10.1 Å². The minimum atomic E-state index is -0.541. The molecule has 0 spiro atoms. The summed E-state index contributed by atoms with van der Waals surface area (Å²) in [7, 11) is 0. The van der Waals surface area contributed by atoms with Crippen LogP contribution in [0.5, 0.6) is 0 Å². The van der Waals surface area contributed by atoms with Crippen molar-refractivity contribution < 1.29 is 10.0 Å². The molecule has 0 amide bonds. The van der Waals surface area contributed by atoms with Crippen LogP contribution in [0.15, 0.2) is 18.2 Å². The lowest BCUT2D eigenvalue weighted by atomic mass is 10.2. The molecule has 1 rings (SSSR count). The van der Waals surface area contributed by atoms with E-state index < -0.39 is 4.92 Å². The quantitative estimate of drug-likeness (QED) is 0.326. The molecule has 78 valence electrons. The van der Waals surface area contributed by atoms with E-state index in [1.54, 1.807) is 0 Å². The molecule has 0 saturated heterocycles. The van der Waals surface area contributed by atoms with Crippen molar-refractivity contribution in [1.29, 1.82) is 0 Å². The third-order valence-electron chi connectivity index (χ3n) is 1.69. The first-order valence-electron chi connectivity index (χ1n) is 4.29. The molecular formula is C10H10N2O3. The Morgan fingerprint density at radius 2 is 2.27 bits per heavy atom. The Hall–Kier alpha value is -2.06. The molecule has 0 unspecified atom stereocenters. The number of benzene rings is 1. The highest BCUT2D eigenvalue weighted by atomic mass is 16.6. The number of nitrogens with zero attached hydrogens (tertiary/aromatic N) is 1. The van der Waals surface area contributed by atoms with Crippen LogP contribution in [-0.4, -0.2) is 16.6 Å². The maximum Gasteiger partial charge on any atom is 0.292 e. The molecule has 1 aromatic carbocycles. The van der Waals surface area contributed by atoms with Gasteiger partial charge in [-0.15, -0.1) is 0 Å². The maximum absolute atomic E-state index is 10.4. The summed E-state index contributed by atoms with van der Waals surface area (Å²) >= 11 is 0. The van der Waals surface area contributed by atoms with Gasteiger partial charge in [0.2, 0.25) is 0 Å². The Morgan fingerprint density at radius 1 is 1.53 bits per heavy atom. The average molecular weight is 206 g/mol. The fourth-order valence-corrected chi connectivity index (χ4v) is 1.02. The number of rotatable bonds is 2. The van der Waals surface area contributed by atoms with Gasteiger partial charge in [0.25, 0.3) is 5.69 Å². The molecule has 0 heterocycles. The summed E-state index contributed by atoms with van der Waals surface area (Å²) in [4.78, 5) is 9.91. The van der Waals surface area contributed by atoms with Crippen molar-refractivity contribution in [3.63, 3.8) is 0 Å². The van der Waals surface area contributed by atoms with Crippen LogP contribution in [0.4, 0.5) is 11.4 Å². The third-order valence-corrected chi connectivity index (χ3v) is 1.69. The summed E-state index contributed by atoms with van der Waals surface area (Å²) in [6.07, 6.45) is 0.372. The van der Waals surface area contributed by atoms with Gasteiger partial charge in [-0.2, -0.15) is 0 Å². The molecule has 0 aromatic heterocycles. The van der Waals surface area contributed by atoms with Gasteiger partial charge in [0.1, 0.15) is 5.69 Å². The van der Waals surface area contributed by atoms with Crippen molar-refractivity contribution in [1.82, 2.24) is 0 Å². The second kappa shape index (κ2) is 4.98. The molecule has 0 fully saturated rings. The van der Waals surface area contributed by atoms with E-state index in [4.69, 9.17) is 10.8 Å². The highest BCUT2D eigenvalue weighted by Gasteiger charge is 2.09. The minimum absolute atomic E-state index is 0.00450. The summed E-state index contributed by atoms with van der Waals surface area (Å²) < 4.78 is 0. The van der Waals surface area contributed by atoms with Crippen molar-refractivity contribution in [3.05, 3.63) is 33.9 Å². The molecule has 0 bridgehead atoms. The van der Waals surface area contributed by atoms with Gasteiger partial charge in [-0.05, 0) is 12.1 Å². The van der Waals surface area contributed by atoms with Gasteiger partial charge in [-0.25, -0.2) is 0 Å². The number of hydrogen-bond donors (Lipinski definition) is 2. The van der Waals surface area contributed by atoms with Gasteiger partial charge in [0.05, 0.1) is 11.5 Å². The molecule has 5 heteroatoms. The van der Waals surface area contributed by atoms with E-state index in [0.717, 1.165) is 0 Å². The molecule has 0 aliphatic heterocycles. The Kier molecular flexibility index (Phi) is 3.66. The molecule has 0 aliphatic carbocycles. The maximum atomic E-state index is 10.4. The second-order valence-corrected chi connectivity index (χ2v) is 2.81. The zero-order valence-corrected chi connectivity index (χ0v) is 7.93. The lowest BCUT2D eigenvalue weighted by Gasteiger charge is -1.96. The van der Waals surface area contributed by atoms with Gasteiger partial charge in [0.15, 0.2) is 0 Å². The predicted molar refractivity (Wildman–Crippen MR) is 56.1 cm³/mol. The first-order chi connectivity index (χ1) is 7.15. The number of aliphatic hydroxyl groups excluding tert-OH is 1. The Labute approximate surface area is 86.7 Å². The van der Waals surface area contributed by atoms with Gasteiger partial charge < -0.3 is 10.8 Å². The van der Waals surface area contributed by atoms with Crippen LogP contribution < -0.4 is 5.73 Å². The van der Waals surface area contributed by atoms with E-state index in [0.29, 0.717) is 12.0 Å². The summed E-state index contributed by atoms with van der Waals surface area (Å²) in [6, 6.07) is 4.29. The molecule has 0 atom stereocenters. The SMILES string of the molecule is Nc1cc(C#CCCO)ccc1[N+](=O)[O-]. The third kappa shape index (κ3) is 2.97. The number of nitrogen functional groups attached to an aromatic ring is 1. The molecule has 0 radical (unpaired) electrons. The Bertz CT molecular complexity index is 432. The monoisotopic (exact) mass is 206 g/mol. The van der Waals surface area contributed by atoms with Crippen molar-refractivity contribution >= 4 is 11.4 Å². The Balaban J connectivity index is 2.93. The van der Waals surface area contributed by atoms with Crippen LogP contribution >= 0.6 is 0 Å². The smallest absolute Gasteiger partial charge is 0.292 e. The van der Waals surface area contributed by atoms with Gasteiger partial charge in [-0.1, -0.05) is 11.8 Å². The topological polar surface area (TPSA) is 89.4 Å². The van der Waals surface area contributed by atoms with Crippen molar-refractivity contribution in [2.24, 2.45) is 0 Å². The first-order valence-corrected chi connectivity index (χ1v) is 4.29. The summed E-state index contributed by atoms with van der Waals surface area (Å²) in [5.41, 5.74) is 6.04. The molecule has 1 aromatic rings. The van der Waals surface area contributed by atoms with Crippen LogP contribution in [-0.2, 0) is 0 Å². The van der Waals surface area contributed by atoms with E-state index in [-0.39, 0.29) is 18.0 Å². The molecule has 0 aliphatic rings. The van der Waals surface area contributed by atoms with Gasteiger partial charge in [0, 0.05) is 18.1 Å². The number of anilines is 1. The van der Waals surface area contributed by atoms with E-state index in [1.807, 2.05) is 0 Å². The largest absolute Gasteiger partial charge is 0.395 e. The molecule has 3 N–H and O–H groups in total. The van der Waals surface area contributed by atoms with E-state index in [1.165, 1.54) is 18.2 Å². The minimum Gasteiger partial charge on any atom is -0.395 e. The normalized spacial score (nSPS) is 9.13. The van der Waals surface area contributed by atoms with E-state index in [9.17, 15) is 10.1 Å². The fraction of sp³-hybridized carbons (Fsp3) is 0.200. The van der Waals surface area contributed by atoms with Crippen LogP contribution in [0.3, 0.4) is 0 Å². The van der Waals surface area contributed by atoms with E-state index >= 15 is 0 Å². The highest BCUT2D eigenvalue weighted by molar-refractivity contribution is 5.61. The highest BCUT2D eigenvalue weighted by Crippen LogP contribution is 2.21. The zero-order valence-electron chi connectivity index (χ0n) is 7.93. The molecular weight excluding hydrogens is 196 g/mol. The van der Waals surface area contributed by atoms with Crippen molar-refractivity contribution in [2.45, 2.75) is 6.42 Å². The fourth-order valence-electron chi connectivity index (χ4n) is 1.02. The summed E-state index contributed by atoms with van der Waals surface area (Å²) in [5.74, 6) is 5.44. The average Bonchev–Trinajstić information content (AvgIpc) is 2.17. The number of aliphatic hydroxyl groups is 1. The van der Waals surface area contributed by atoms with Crippen LogP contribution in [0.1, 0.15) is 12.0 Å². The number of nitro benzene ring substituents is 1. The Morgan fingerprint density at radius 3 is 2.80 bits per heavy atom. The number of hydrogen-bond acceptors (Lipinski definition) is 4. The lowest BCUT2D eigenvalue weighted by molar-refractivity contribution is -0.383. The van der Waals surface area contributed by atoms with Crippen LogP contribution in [0.25, 0.3) is 0 Å². The van der Waals surface area contributed by atoms with E-state index in [2.05, 4.69) is 11.8 Å². The van der Waals surface area contributed by atoms with Crippen molar-refractivity contribution in [2.75, 3.05) is 12.3 Å². The number of nitrogens with two attached hydrogens (primary N) is 1. The first kappa shape index (κ1) is 11.0. The molecule has 15 heavy (non-hydrogen) atoms. The summed E-state index contributed by atoms with van der Waals surface area (Å²) in [5, 5.41) is 18.9. The standard InChI is InChI=1S/C10H10N2O3/c11-9-7-8(3-1-2-6-13)4-5-10(9)12(14)15/h4-5,7,13H,2,6,11H2.